The molecular weight excluding hydrogens is 402 g/mol. The highest BCUT2D eigenvalue weighted by molar-refractivity contribution is 7.85. The van der Waals surface area contributed by atoms with Gasteiger partial charge in [0.15, 0.2) is 0 Å². The Morgan fingerprint density at radius 3 is 2.11 bits per heavy atom. The molecule has 0 spiro atoms. The Bertz CT molecular complexity index is 890. The molecule has 1 atom stereocenters. The third kappa shape index (κ3) is 8.84. The molecule has 8 heteroatoms. The maximum atomic E-state index is 11.7. The highest BCUT2D eigenvalue weighted by Crippen LogP contribution is 2.14. The quantitative estimate of drug-likeness (QED) is 0.567. The summed E-state index contributed by atoms with van der Waals surface area (Å²) < 4.78 is 35.1. The van der Waals surface area contributed by atoms with Gasteiger partial charge in [-0.1, -0.05) is 41.9 Å². The van der Waals surface area contributed by atoms with E-state index in [-0.39, 0.29) is 10.9 Å². The van der Waals surface area contributed by atoms with Crippen molar-refractivity contribution in [2.24, 2.45) is 5.73 Å². The standard InChI is InChI=1S/C13H18ClNO2.C7H8O3S/c1-13(2,3)17-12(16)11(15)8-9-4-6-10(14)7-5-9;1-6-4-2-3-5-7(6)11(8,9)10/h4-7,11H,8,15H2,1-3H3;2-5H,1H3,(H,8,9,10). The molecule has 3 N–H and O–H groups in total. The van der Waals surface area contributed by atoms with E-state index in [4.69, 9.17) is 26.6 Å². The molecule has 0 aliphatic heterocycles. The summed E-state index contributed by atoms with van der Waals surface area (Å²) in [6.45, 7) is 7.09. The maximum absolute atomic E-state index is 11.7. The van der Waals surface area contributed by atoms with Gasteiger partial charge >= 0.3 is 5.97 Å². The summed E-state index contributed by atoms with van der Waals surface area (Å²) in [5.74, 6) is -0.382. The van der Waals surface area contributed by atoms with Gasteiger partial charge in [0.2, 0.25) is 0 Å². The first kappa shape index (κ1) is 24.1. The van der Waals surface area contributed by atoms with Crippen molar-refractivity contribution in [1.82, 2.24) is 0 Å². The SMILES string of the molecule is CC(C)(C)OC(=O)C(N)Cc1ccc(Cl)cc1.Cc1ccccc1S(=O)(=O)O. The molecule has 0 aromatic heterocycles. The van der Waals surface area contributed by atoms with Gasteiger partial charge in [0.1, 0.15) is 11.6 Å². The first-order chi connectivity index (χ1) is 12.8. The van der Waals surface area contributed by atoms with Gasteiger partial charge in [-0.15, -0.1) is 0 Å². The first-order valence-corrected chi connectivity index (χ1v) is 10.4. The number of esters is 1. The van der Waals surface area contributed by atoms with Crippen molar-refractivity contribution in [3.8, 4) is 0 Å². The van der Waals surface area contributed by atoms with Gasteiger partial charge in [-0.3, -0.25) is 9.35 Å². The van der Waals surface area contributed by atoms with E-state index in [2.05, 4.69) is 0 Å². The second-order valence-corrected chi connectivity index (χ2v) is 9.04. The minimum Gasteiger partial charge on any atom is -0.459 e. The molecule has 0 heterocycles. The number of benzene rings is 2. The van der Waals surface area contributed by atoms with Crippen molar-refractivity contribution in [3.63, 3.8) is 0 Å². The van der Waals surface area contributed by atoms with Crippen LogP contribution in [0.5, 0.6) is 0 Å². The fraction of sp³-hybridized carbons (Fsp3) is 0.350. The van der Waals surface area contributed by atoms with Crippen LogP contribution in [0.25, 0.3) is 0 Å². The maximum Gasteiger partial charge on any atom is 0.323 e. The number of aryl methyl sites for hydroxylation is 1. The number of rotatable bonds is 4. The molecule has 0 radical (unpaired) electrons. The zero-order valence-corrected chi connectivity index (χ0v) is 17.9. The van der Waals surface area contributed by atoms with Crippen LogP contribution in [0.15, 0.2) is 53.4 Å². The summed E-state index contributed by atoms with van der Waals surface area (Å²) in [7, 11) is -4.03. The van der Waals surface area contributed by atoms with E-state index in [0.29, 0.717) is 17.0 Å². The van der Waals surface area contributed by atoms with Crippen LogP contribution >= 0.6 is 11.6 Å². The Morgan fingerprint density at radius 1 is 1.14 bits per heavy atom. The van der Waals surface area contributed by atoms with Crippen LogP contribution in [0.4, 0.5) is 0 Å². The van der Waals surface area contributed by atoms with Gasteiger partial charge in [0.05, 0.1) is 4.90 Å². The lowest BCUT2D eigenvalue weighted by Crippen LogP contribution is -2.38. The van der Waals surface area contributed by atoms with Crippen molar-refractivity contribution in [2.75, 3.05) is 0 Å². The summed E-state index contributed by atoms with van der Waals surface area (Å²) in [6, 6.07) is 12.9. The third-order valence-electron chi connectivity index (χ3n) is 3.45. The van der Waals surface area contributed by atoms with E-state index in [1.54, 1.807) is 37.3 Å². The highest BCUT2D eigenvalue weighted by Gasteiger charge is 2.22. The molecule has 0 aliphatic rings. The van der Waals surface area contributed by atoms with Gasteiger partial charge in [0, 0.05) is 5.02 Å². The molecule has 2 aromatic rings. The Hall–Kier alpha value is -1.93. The summed E-state index contributed by atoms with van der Waals surface area (Å²) in [5.41, 5.74) is 6.80. The van der Waals surface area contributed by atoms with Gasteiger partial charge in [0.25, 0.3) is 10.1 Å². The van der Waals surface area contributed by atoms with E-state index in [1.807, 2.05) is 32.9 Å². The van der Waals surface area contributed by atoms with Crippen molar-refractivity contribution in [2.45, 2.75) is 50.7 Å². The predicted octanol–water partition coefficient (Wildman–Crippen LogP) is 3.79. The number of hydrogen-bond acceptors (Lipinski definition) is 5. The number of hydrogen-bond donors (Lipinski definition) is 2. The first-order valence-electron chi connectivity index (χ1n) is 8.55. The van der Waals surface area contributed by atoms with Gasteiger partial charge in [-0.2, -0.15) is 8.42 Å². The lowest BCUT2D eigenvalue weighted by atomic mass is 10.1. The summed E-state index contributed by atoms with van der Waals surface area (Å²) >= 11 is 5.78. The van der Waals surface area contributed by atoms with Crippen LogP contribution in [0.1, 0.15) is 31.9 Å². The fourth-order valence-corrected chi connectivity index (χ4v) is 3.03. The fourth-order valence-electron chi connectivity index (χ4n) is 2.18. The summed E-state index contributed by atoms with van der Waals surface area (Å²) in [4.78, 5) is 11.6. The normalized spacial score (nSPS) is 12.5. The van der Waals surface area contributed by atoms with Crippen LogP contribution in [0, 0.1) is 6.92 Å². The van der Waals surface area contributed by atoms with Gasteiger partial charge in [-0.25, -0.2) is 0 Å². The zero-order chi connectivity index (χ0) is 21.5. The largest absolute Gasteiger partial charge is 0.459 e. The minimum atomic E-state index is -4.03. The second kappa shape index (κ2) is 10.0. The number of nitrogens with two attached hydrogens (primary N) is 1. The Balaban J connectivity index is 0.000000307. The molecule has 0 saturated carbocycles. The highest BCUT2D eigenvalue weighted by atomic mass is 35.5. The van der Waals surface area contributed by atoms with Gasteiger partial charge < -0.3 is 10.5 Å². The average molecular weight is 428 g/mol. The number of ether oxygens (including phenoxy) is 1. The van der Waals surface area contributed by atoms with E-state index >= 15 is 0 Å². The van der Waals surface area contributed by atoms with Crippen molar-refractivity contribution >= 4 is 27.7 Å². The molecule has 0 aliphatic carbocycles. The molecule has 0 amide bonds. The Kier molecular flexibility index (Phi) is 8.63. The molecule has 28 heavy (non-hydrogen) atoms. The van der Waals surface area contributed by atoms with Crippen LogP contribution in [-0.4, -0.2) is 30.6 Å². The molecule has 0 fully saturated rings. The molecule has 154 valence electrons. The summed E-state index contributed by atoms with van der Waals surface area (Å²) in [5, 5.41) is 0.666. The van der Waals surface area contributed by atoms with Crippen LogP contribution < -0.4 is 5.73 Å². The zero-order valence-electron chi connectivity index (χ0n) is 16.3. The molecule has 2 rings (SSSR count). The molecule has 2 aromatic carbocycles. The van der Waals surface area contributed by atoms with E-state index in [0.717, 1.165) is 5.56 Å². The van der Waals surface area contributed by atoms with Crippen molar-refractivity contribution in [1.29, 1.82) is 0 Å². The predicted molar refractivity (Wildman–Crippen MR) is 110 cm³/mol. The van der Waals surface area contributed by atoms with Crippen LogP contribution in [-0.2, 0) is 26.1 Å². The van der Waals surface area contributed by atoms with E-state index in [1.165, 1.54) is 6.07 Å². The van der Waals surface area contributed by atoms with Crippen molar-refractivity contribution < 1.29 is 22.5 Å². The number of halogens is 1. The topological polar surface area (TPSA) is 107 Å². The Morgan fingerprint density at radius 2 is 1.68 bits per heavy atom. The smallest absolute Gasteiger partial charge is 0.323 e. The second-order valence-electron chi connectivity index (χ2n) is 7.21. The van der Waals surface area contributed by atoms with E-state index < -0.39 is 21.8 Å². The van der Waals surface area contributed by atoms with Gasteiger partial charge in [-0.05, 0) is 63.4 Å². The summed E-state index contributed by atoms with van der Waals surface area (Å²) in [6.07, 6.45) is 0.450. The van der Waals surface area contributed by atoms with E-state index in [9.17, 15) is 13.2 Å². The van der Waals surface area contributed by atoms with Crippen molar-refractivity contribution in [3.05, 3.63) is 64.7 Å². The number of carbonyl (C=O) groups is 1. The average Bonchev–Trinajstić information content (AvgIpc) is 2.55. The lowest BCUT2D eigenvalue weighted by molar-refractivity contribution is -0.156. The molecular formula is C20H26ClNO5S. The molecule has 6 nitrogen and oxygen atoms in total. The minimum absolute atomic E-state index is 0.0278. The molecule has 0 saturated heterocycles. The van der Waals surface area contributed by atoms with Crippen LogP contribution in [0.2, 0.25) is 5.02 Å². The molecule has 0 bridgehead atoms. The monoisotopic (exact) mass is 427 g/mol. The number of carbonyl (C=O) groups excluding carboxylic acids is 1. The third-order valence-corrected chi connectivity index (χ3v) is 4.72. The van der Waals surface area contributed by atoms with Crippen LogP contribution in [0.3, 0.4) is 0 Å². The Labute approximate surface area is 171 Å². The molecule has 1 unspecified atom stereocenters. The lowest BCUT2D eigenvalue weighted by Gasteiger charge is -2.22.